The fourth-order valence-corrected chi connectivity index (χ4v) is 2.65. The molecule has 0 heterocycles. The van der Waals surface area contributed by atoms with Gasteiger partial charge in [0.25, 0.3) is 0 Å². The molecule has 1 rings (SSSR count). The van der Waals surface area contributed by atoms with E-state index in [1.54, 1.807) is 19.7 Å². The molecule has 0 aromatic rings. The van der Waals surface area contributed by atoms with Crippen molar-refractivity contribution in [1.82, 2.24) is 0 Å². The van der Waals surface area contributed by atoms with Crippen LogP contribution in [0.15, 0.2) is 12.2 Å². The summed E-state index contributed by atoms with van der Waals surface area (Å²) in [5.41, 5.74) is 0. The largest absolute Gasteiger partial charge is 0.333 e. The van der Waals surface area contributed by atoms with E-state index in [1.165, 1.54) is 0 Å². The molecule has 0 aromatic carbocycles. The molecule has 5 heteroatoms. The van der Waals surface area contributed by atoms with Gasteiger partial charge in [-0.1, -0.05) is 26.0 Å². The molecule has 1 aliphatic rings. The molecule has 17 heavy (non-hydrogen) atoms. The molecule has 0 radical (unpaired) electrons. The topological polar surface area (TPSA) is 42.2 Å². The van der Waals surface area contributed by atoms with Crippen molar-refractivity contribution in [3.8, 4) is 6.07 Å². The standard InChI is InChI=1S/C12H19FNO2P/c1-9-5-6-10(2)12(11(9)13)16-17(3)15-8-4-7-14/h5-6,9-12H,4,8H2,1-3H3/t9-,10+,11+,12-,17?/m1/s1/i2D. The molecule has 0 aliphatic heterocycles. The Balaban J connectivity index is 2.52. The number of nitriles is 1. The summed E-state index contributed by atoms with van der Waals surface area (Å²) in [6, 6.07) is 1.98. The van der Waals surface area contributed by atoms with E-state index in [2.05, 4.69) is 0 Å². The minimum atomic E-state index is -1.20. The number of rotatable bonds is 5. The lowest BCUT2D eigenvalue weighted by Gasteiger charge is -2.33. The predicted octanol–water partition coefficient (Wildman–Crippen LogP) is 3.42. The molecule has 96 valence electrons. The van der Waals surface area contributed by atoms with E-state index in [9.17, 15) is 4.39 Å². The van der Waals surface area contributed by atoms with Gasteiger partial charge in [-0.15, -0.1) is 0 Å². The van der Waals surface area contributed by atoms with Crippen LogP contribution >= 0.6 is 8.38 Å². The average molecular weight is 260 g/mol. The third-order valence-electron chi connectivity index (χ3n) is 2.66. The molecular formula is C12H19FNO2P. The van der Waals surface area contributed by atoms with Gasteiger partial charge in [-0.05, 0) is 0 Å². The highest BCUT2D eigenvalue weighted by atomic mass is 31.2. The van der Waals surface area contributed by atoms with E-state index in [-0.39, 0.29) is 18.7 Å². The molecule has 0 N–H and O–H groups in total. The SMILES string of the molecule is [2H]C[C@H]1C=C[C@@H](C)[C@H](F)[C@@H]1OP(C)OCCC#N. The summed E-state index contributed by atoms with van der Waals surface area (Å²) in [6.45, 7) is 3.96. The van der Waals surface area contributed by atoms with Crippen LogP contribution in [0.1, 0.15) is 21.6 Å². The summed E-state index contributed by atoms with van der Waals surface area (Å²) in [6.07, 6.45) is 2.25. The minimum Gasteiger partial charge on any atom is -0.333 e. The number of nitrogens with zero attached hydrogens (tertiary/aromatic N) is 1. The van der Waals surface area contributed by atoms with Gasteiger partial charge in [0.2, 0.25) is 0 Å². The lowest BCUT2D eigenvalue weighted by atomic mass is 9.86. The second-order valence-corrected chi connectivity index (χ2v) is 5.45. The van der Waals surface area contributed by atoms with E-state index in [4.69, 9.17) is 15.7 Å². The zero-order valence-electron chi connectivity index (χ0n) is 11.2. The summed E-state index contributed by atoms with van der Waals surface area (Å²) in [5, 5.41) is 8.40. The maximum atomic E-state index is 14.1. The molecule has 0 fully saturated rings. The molecule has 0 bridgehead atoms. The molecule has 0 saturated heterocycles. The maximum absolute atomic E-state index is 14.1. The highest BCUT2D eigenvalue weighted by Gasteiger charge is 2.34. The van der Waals surface area contributed by atoms with E-state index in [0.29, 0.717) is 13.0 Å². The van der Waals surface area contributed by atoms with Crippen LogP contribution in [-0.2, 0) is 9.05 Å². The van der Waals surface area contributed by atoms with Gasteiger partial charge in [0, 0.05) is 19.9 Å². The third kappa shape index (κ3) is 4.35. The van der Waals surface area contributed by atoms with Crippen molar-refractivity contribution in [2.24, 2.45) is 11.8 Å². The summed E-state index contributed by atoms with van der Waals surface area (Å²) in [5.74, 6) is -0.416. The van der Waals surface area contributed by atoms with Gasteiger partial charge in [-0.3, -0.25) is 0 Å². The summed E-state index contributed by atoms with van der Waals surface area (Å²) in [7, 11) is -1.20. The first-order valence-electron chi connectivity index (χ1n) is 6.32. The van der Waals surface area contributed by atoms with Gasteiger partial charge >= 0.3 is 0 Å². The number of allylic oxidation sites excluding steroid dienone is 1. The van der Waals surface area contributed by atoms with Crippen LogP contribution < -0.4 is 0 Å². The predicted molar refractivity (Wildman–Crippen MR) is 66.3 cm³/mol. The Morgan fingerprint density at radius 2 is 2.24 bits per heavy atom. The van der Waals surface area contributed by atoms with Crippen LogP contribution in [0.5, 0.6) is 0 Å². The van der Waals surface area contributed by atoms with Gasteiger partial charge in [0.15, 0.2) is 8.38 Å². The lowest BCUT2D eigenvalue weighted by Crippen LogP contribution is -2.37. The molecule has 0 aromatic heterocycles. The van der Waals surface area contributed by atoms with Gasteiger partial charge in [0.05, 0.1) is 19.1 Å². The highest BCUT2D eigenvalue weighted by molar-refractivity contribution is 7.46. The Bertz CT molecular complexity index is 324. The Kier molecular flexibility index (Phi) is 5.38. The van der Waals surface area contributed by atoms with Crippen LogP contribution in [-0.4, -0.2) is 25.5 Å². The zero-order valence-corrected chi connectivity index (χ0v) is 11.1. The normalized spacial score (nSPS) is 35.1. The fourth-order valence-electron chi connectivity index (χ4n) is 1.63. The van der Waals surface area contributed by atoms with Crippen LogP contribution in [0.3, 0.4) is 0 Å². The second kappa shape index (κ2) is 7.06. The number of alkyl halides is 1. The monoisotopic (exact) mass is 260 g/mol. The van der Waals surface area contributed by atoms with Crippen LogP contribution in [0.25, 0.3) is 0 Å². The Hall–Kier alpha value is -0.490. The zero-order chi connectivity index (χ0) is 13.5. The van der Waals surface area contributed by atoms with E-state index < -0.39 is 20.7 Å². The lowest BCUT2D eigenvalue weighted by molar-refractivity contribution is 0.0423. The van der Waals surface area contributed by atoms with Crippen molar-refractivity contribution in [2.45, 2.75) is 32.5 Å². The van der Waals surface area contributed by atoms with Crippen molar-refractivity contribution in [2.75, 3.05) is 13.3 Å². The Morgan fingerprint density at radius 3 is 2.88 bits per heavy atom. The Labute approximate surface area is 105 Å². The first-order chi connectivity index (χ1) is 8.60. The van der Waals surface area contributed by atoms with Crippen molar-refractivity contribution >= 4 is 8.38 Å². The van der Waals surface area contributed by atoms with Crippen LogP contribution in [0.2, 0.25) is 0 Å². The number of halogens is 1. The molecule has 0 saturated carbocycles. The molecule has 0 amide bonds. The van der Waals surface area contributed by atoms with Gasteiger partial charge in [-0.2, -0.15) is 5.26 Å². The molecule has 3 nitrogen and oxygen atoms in total. The van der Waals surface area contributed by atoms with Crippen molar-refractivity contribution in [1.29, 1.82) is 5.26 Å². The summed E-state index contributed by atoms with van der Waals surface area (Å²) < 4.78 is 32.4. The molecule has 5 atom stereocenters. The molecule has 1 unspecified atom stereocenters. The van der Waals surface area contributed by atoms with Gasteiger partial charge in [0.1, 0.15) is 12.3 Å². The molecule has 0 spiro atoms. The van der Waals surface area contributed by atoms with Crippen molar-refractivity contribution in [3.05, 3.63) is 12.2 Å². The van der Waals surface area contributed by atoms with Gasteiger partial charge < -0.3 is 9.05 Å². The minimum absolute atomic E-state index is 0.107. The smallest absolute Gasteiger partial charge is 0.167 e. The highest BCUT2D eigenvalue weighted by Crippen LogP contribution is 2.41. The molecule has 1 aliphatic carbocycles. The van der Waals surface area contributed by atoms with Crippen LogP contribution in [0, 0.1) is 23.2 Å². The third-order valence-corrected chi connectivity index (χ3v) is 3.74. The van der Waals surface area contributed by atoms with E-state index in [1.807, 2.05) is 12.1 Å². The van der Waals surface area contributed by atoms with E-state index in [0.717, 1.165) is 0 Å². The Morgan fingerprint density at radius 1 is 1.53 bits per heavy atom. The first kappa shape index (κ1) is 13.0. The quantitative estimate of drug-likeness (QED) is 0.432. The van der Waals surface area contributed by atoms with E-state index >= 15 is 0 Å². The number of hydrogen-bond acceptors (Lipinski definition) is 3. The van der Waals surface area contributed by atoms with Crippen LogP contribution in [0.4, 0.5) is 4.39 Å². The number of hydrogen-bond donors (Lipinski definition) is 0. The van der Waals surface area contributed by atoms with Crippen molar-refractivity contribution in [3.63, 3.8) is 0 Å². The summed E-state index contributed by atoms with van der Waals surface area (Å²) >= 11 is 0. The fraction of sp³-hybridized carbons (Fsp3) is 0.750. The maximum Gasteiger partial charge on any atom is 0.167 e. The average Bonchev–Trinajstić information content (AvgIpc) is 2.36. The summed E-state index contributed by atoms with van der Waals surface area (Å²) in [4.78, 5) is 0. The first-order valence-corrected chi connectivity index (χ1v) is 7.24. The molecular weight excluding hydrogens is 240 g/mol. The second-order valence-electron chi connectivity index (χ2n) is 4.10. The van der Waals surface area contributed by atoms with Crippen molar-refractivity contribution < 1.29 is 14.8 Å². The van der Waals surface area contributed by atoms with Gasteiger partial charge in [-0.25, -0.2) is 4.39 Å².